The van der Waals surface area contributed by atoms with Gasteiger partial charge in [-0.3, -0.25) is 0 Å². The van der Waals surface area contributed by atoms with Crippen LogP contribution in [-0.4, -0.2) is 18.0 Å². The van der Waals surface area contributed by atoms with E-state index in [1.54, 1.807) is 7.11 Å². The first-order chi connectivity index (χ1) is 7.83. The highest BCUT2D eigenvalue weighted by atomic mass is 16.5. The molecule has 1 aromatic rings. The Labute approximate surface area is 95.0 Å². The number of benzene rings is 1. The minimum absolute atomic E-state index is 0.458. The van der Waals surface area contributed by atoms with Crippen molar-refractivity contribution >= 4 is 11.8 Å². The number of allylic oxidation sites excluding steroid dienone is 1. The summed E-state index contributed by atoms with van der Waals surface area (Å²) in [5.41, 5.74) is 1.85. The first-order valence-electron chi connectivity index (χ1n) is 5.37. The normalized spacial score (nSPS) is 16.7. The van der Waals surface area contributed by atoms with Crippen molar-refractivity contribution in [3.63, 3.8) is 0 Å². The van der Waals surface area contributed by atoms with Crippen molar-refractivity contribution in [3.05, 3.63) is 35.9 Å². The Morgan fingerprint density at radius 2 is 2.06 bits per heavy atom. The molecule has 0 saturated heterocycles. The molecule has 3 nitrogen and oxygen atoms in total. The second-order valence-corrected chi connectivity index (χ2v) is 3.91. The van der Waals surface area contributed by atoms with Crippen LogP contribution in [0.15, 0.2) is 35.5 Å². The third kappa shape index (κ3) is 2.63. The molecule has 2 rings (SSSR count). The van der Waals surface area contributed by atoms with E-state index in [9.17, 15) is 0 Å². The molecule has 1 aliphatic rings. The zero-order chi connectivity index (χ0) is 11.4. The minimum atomic E-state index is 0.458. The summed E-state index contributed by atoms with van der Waals surface area (Å²) in [5, 5.41) is 12.1. The number of hydrogen-bond donors (Lipinski definition) is 1. The highest BCUT2D eigenvalue weighted by Crippen LogP contribution is 2.31. The summed E-state index contributed by atoms with van der Waals surface area (Å²) < 4.78 is 5.08. The molecule has 16 heavy (non-hydrogen) atoms. The van der Waals surface area contributed by atoms with Crippen molar-refractivity contribution in [2.75, 3.05) is 7.11 Å². The van der Waals surface area contributed by atoms with Crippen LogP contribution in [0.25, 0.3) is 6.08 Å². The lowest BCUT2D eigenvalue weighted by molar-refractivity contribution is 0.318. The minimum Gasteiger partial charge on any atom is -0.497 e. The molecule has 0 aliphatic heterocycles. The predicted molar refractivity (Wildman–Crippen MR) is 64.0 cm³/mol. The Bertz CT molecular complexity index is 402. The molecular formula is C13H15NO2. The van der Waals surface area contributed by atoms with Crippen LogP contribution in [0.1, 0.15) is 18.4 Å². The standard InChI is InChI=1S/C13H15NO2/c1-16-12-7-2-10(3-8-12)4-9-13(14-15)11-5-6-11/h2-4,7-9,11,15H,5-6H2,1H3/b9-4+,14-13-. The maximum absolute atomic E-state index is 8.81. The molecule has 0 amide bonds. The Morgan fingerprint density at radius 1 is 1.38 bits per heavy atom. The van der Waals surface area contributed by atoms with Gasteiger partial charge in [0.15, 0.2) is 0 Å². The molecule has 1 aliphatic carbocycles. The summed E-state index contributed by atoms with van der Waals surface area (Å²) >= 11 is 0. The van der Waals surface area contributed by atoms with Crippen LogP contribution >= 0.6 is 0 Å². The van der Waals surface area contributed by atoms with Crippen molar-refractivity contribution in [2.24, 2.45) is 11.1 Å². The highest BCUT2D eigenvalue weighted by molar-refractivity contribution is 6.00. The van der Waals surface area contributed by atoms with E-state index in [-0.39, 0.29) is 0 Å². The molecule has 0 bridgehead atoms. The van der Waals surface area contributed by atoms with Gasteiger partial charge in [0.2, 0.25) is 0 Å². The van der Waals surface area contributed by atoms with Crippen LogP contribution < -0.4 is 4.74 Å². The van der Waals surface area contributed by atoms with E-state index in [4.69, 9.17) is 9.94 Å². The van der Waals surface area contributed by atoms with E-state index in [0.717, 1.165) is 29.9 Å². The van der Waals surface area contributed by atoms with Crippen LogP contribution in [0.5, 0.6) is 5.75 Å². The summed E-state index contributed by atoms with van der Waals surface area (Å²) in [6, 6.07) is 7.76. The van der Waals surface area contributed by atoms with Crippen molar-refractivity contribution in [1.82, 2.24) is 0 Å². The van der Waals surface area contributed by atoms with Crippen molar-refractivity contribution in [2.45, 2.75) is 12.8 Å². The molecule has 0 unspecified atom stereocenters. The summed E-state index contributed by atoms with van der Waals surface area (Å²) in [6.45, 7) is 0. The fourth-order valence-corrected chi connectivity index (χ4v) is 1.53. The van der Waals surface area contributed by atoms with Gasteiger partial charge < -0.3 is 9.94 Å². The van der Waals surface area contributed by atoms with Gasteiger partial charge in [0.1, 0.15) is 5.75 Å². The monoisotopic (exact) mass is 217 g/mol. The van der Waals surface area contributed by atoms with Gasteiger partial charge in [-0.2, -0.15) is 0 Å². The third-order valence-electron chi connectivity index (χ3n) is 2.67. The Balaban J connectivity index is 2.04. The fraction of sp³-hybridized carbons (Fsp3) is 0.308. The third-order valence-corrected chi connectivity index (χ3v) is 2.67. The lowest BCUT2D eigenvalue weighted by atomic mass is 10.1. The Kier molecular flexibility index (Phi) is 3.25. The van der Waals surface area contributed by atoms with Crippen LogP contribution in [0.2, 0.25) is 0 Å². The predicted octanol–water partition coefficient (Wildman–Crippen LogP) is 2.95. The molecule has 1 N–H and O–H groups in total. The van der Waals surface area contributed by atoms with Crippen LogP contribution in [0, 0.1) is 5.92 Å². The van der Waals surface area contributed by atoms with Gasteiger partial charge in [0.25, 0.3) is 0 Å². The molecule has 0 radical (unpaired) electrons. The van der Waals surface area contributed by atoms with Crippen molar-refractivity contribution in [3.8, 4) is 5.75 Å². The van der Waals surface area contributed by atoms with Crippen LogP contribution in [0.4, 0.5) is 0 Å². The molecule has 3 heteroatoms. The largest absolute Gasteiger partial charge is 0.497 e. The molecule has 1 saturated carbocycles. The van der Waals surface area contributed by atoms with E-state index in [1.807, 2.05) is 36.4 Å². The smallest absolute Gasteiger partial charge is 0.118 e. The Morgan fingerprint density at radius 3 is 2.56 bits per heavy atom. The fourth-order valence-electron chi connectivity index (χ4n) is 1.53. The summed E-state index contributed by atoms with van der Waals surface area (Å²) in [4.78, 5) is 0. The molecule has 0 spiro atoms. The summed E-state index contributed by atoms with van der Waals surface area (Å²) in [7, 11) is 1.65. The van der Waals surface area contributed by atoms with E-state index in [1.165, 1.54) is 0 Å². The van der Waals surface area contributed by atoms with Gasteiger partial charge in [0, 0.05) is 5.92 Å². The lowest BCUT2D eigenvalue weighted by Crippen LogP contribution is -1.95. The number of oxime groups is 1. The highest BCUT2D eigenvalue weighted by Gasteiger charge is 2.26. The van der Waals surface area contributed by atoms with Gasteiger partial charge in [-0.1, -0.05) is 23.4 Å². The van der Waals surface area contributed by atoms with Gasteiger partial charge in [-0.25, -0.2) is 0 Å². The molecule has 0 atom stereocenters. The van der Waals surface area contributed by atoms with Crippen LogP contribution in [-0.2, 0) is 0 Å². The topological polar surface area (TPSA) is 41.8 Å². The summed E-state index contributed by atoms with van der Waals surface area (Å²) in [6.07, 6.45) is 6.09. The average Bonchev–Trinajstić information content (AvgIpc) is 3.15. The number of hydrogen-bond acceptors (Lipinski definition) is 3. The molecule has 1 aromatic carbocycles. The van der Waals surface area contributed by atoms with Gasteiger partial charge >= 0.3 is 0 Å². The van der Waals surface area contributed by atoms with E-state index in [2.05, 4.69) is 5.16 Å². The lowest BCUT2D eigenvalue weighted by Gasteiger charge is -1.99. The van der Waals surface area contributed by atoms with Crippen molar-refractivity contribution < 1.29 is 9.94 Å². The number of rotatable bonds is 4. The molecular weight excluding hydrogens is 202 g/mol. The molecule has 84 valence electrons. The zero-order valence-corrected chi connectivity index (χ0v) is 9.26. The van der Waals surface area contributed by atoms with Crippen molar-refractivity contribution in [1.29, 1.82) is 0 Å². The van der Waals surface area contributed by atoms with Crippen LogP contribution in [0.3, 0.4) is 0 Å². The number of nitrogens with zero attached hydrogens (tertiary/aromatic N) is 1. The average molecular weight is 217 g/mol. The number of methoxy groups -OCH3 is 1. The maximum Gasteiger partial charge on any atom is 0.118 e. The molecule has 1 fully saturated rings. The molecule has 0 aromatic heterocycles. The SMILES string of the molecule is COc1ccc(/C=C/C(=N/O)C2CC2)cc1. The van der Waals surface area contributed by atoms with Gasteiger partial charge in [0.05, 0.1) is 12.8 Å². The first kappa shape index (κ1) is 10.7. The summed E-state index contributed by atoms with van der Waals surface area (Å²) in [5.74, 6) is 1.30. The van der Waals surface area contributed by atoms with E-state index >= 15 is 0 Å². The molecule has 0 heterocycles. The van der Waals surface area contributed by atoms with E-state index in [0.29, 0.717) is 5.92 Å². The second kappa shape index (κ2) is 4.84. The first-order valence-corrected chi connectivity index (χ1v) is 5.37. The quantitative estimate of drug-likeness (QED) is 0.478. The Hall–Kier alpha value is -1.77. The maximum atomic E-state index is 8.81. The van der Waals surface area contributed by atoms with Gasteiger partial charge in [-0.15, -0.1) is 0 Å². The second-order valence-electron chi connectivity index (χ2n) is 3.91. The number of ether oxygens (including phenoxy) is 1. The zero-order valence-electron chi connectivity index (χ0n) is 9.26. The van der Waals surface area contributed by atoms with E-state index < -0.39 is 0 Å². The van der Waals surface area contributed by atoms with Gasteiger partial charge in [-0.05, 0) is 36.6 Å².